The van der Waals surface area contributed by atoms with Crippen molar-refractivity contribution >= 4 is 5.57 Å². The van der Waals surface area contributed by atoms with Crippen LogP contribution in [-0.4, -0.2) is 6.04 Å². The van der Waals surface area contributed by atoms with Gasteiger partial charge in [0.05, 0.1) is 0 Å². The third-order valence-electron chi connectivity index (χ3n) is 2.27. The standard InChI is InChI=1S/C12H17N/c1-9(2)12(13)10(3)11-7-5-4-6-8-11/h4-9,12H,3,13H2,1-2H3. The second-order valence-corrected chi connectivity index (χ2v) is 3.66. The first kappa shape index (κ1) is 10.0. The molecule has 0 saturated heterocycles. The van der Waals surface area contributed by atoms with Crippen molar-refractivity contribution in [3.8, 4) is 0 Å². The number of benzene rings is 1. The number of hydrogen-bond donors (Lipinski definition) is 1. The Balaban J connectivity index is 2.80. The van der Waals surface area contributed by atoms with Crippen LogP contribution in [0.2, 0.25) is 0 Å². The van der Waals surface area contributed by atoms with E-state index in [1.165, 1.54) is 0 Å². The summed E-state index contributed by atoms with van der Waals surface area (Å²) in [6, 6.07) is 10.2. The summed E-state index contributed by atoms with van der Waals surface area (Å²) in [6.07, 6.45) is 0. The van der Waals surface area contributed by atoms with E-state index < -0.39 is 0 Å². The van der Waals surface area contributed by atoms with Crippen LogP contribution in [0.5, 0.6) is 0 Å². The van der Waals surface area contributed by atoms with Gasteiger partial charge in [-0.05, 0) is 17.1 Å². The summed E-state index contributed by atoms with van der Waals surface area (Å²) in [7, 11) is 0. The van der Waals surface area contributed by atoms with Crippen molar-refractivity contribution in [2.75, 3.05) is 0 Å². The highest BCUT2D eigenvalue weighted by Gasteiger charge is 2.12. The predicted molar refractivity (Wildman–Crippen MR) is 58.3 cm³/mol. The van der Waals surface area contributed by atoms with E-state index in [1.54, 1.807) is 0 Å². The van der Waals surface area contributed by atoms with Gasteiger partial charge in [0.25, 0.3) is 0 Å². The minimum absolute atomic E-state index is 0.0578. The summed E-state index contributed by atoms with van der Waals surface area (Å²) in [5.74, 6) is 0.438. The molecule has 0 fully saturated rings. The van der Waals surface area contributed by atoms with Gasteiger partial charge in [0, 0.05) is 6.04 Å². The molecule has 1 heteroatoms. The van der Waals surface area contributed by atoms with Crippen LogP contribution < -0.4 is 5.73 Å². The van der Waals surface area contributed by atoms with Crippen LogP contribution in [0.25, 0.3) is 5.57 Å². The highest BCUT2D eigenvalue weighted by atomic mass is 14.6. The predicted octanol–water partition coefficient (Wildman–Crippen LogP) is 2.68. The summed E-state index contributed by atoms with van der Waals surface area (Å²) in [4.78, 5) is 0. The van der Waals surface area contributed by atoms with Crippen LogP contribution in [0, 0.1) is 5.92 Å². The van der Waals surface area contributed by atoms with E-state index in [9.17, 15) is 0 Å². The smallest absolute Gasteiger partial charge is 0.0318 e. The Kier molecular flexibility index (Phi) is 3.26. The lowest BCUT2D eigenvalue weighted by Crippen LogP contribution is -2.27. The molecule has 0 bridgehead atoms. The maximum Gasteiger partial charge on any atom is 0.0318 e. The third kappa shape index (κ3) is 2.43. The molecule has 0 saturated carbocycles. The molecule has 70 valence electrons. The van der Waals surface area contributed by atoms with Gasteiger partial charge in [-0.2, -0.15) is 0 Å². The molecule has 0 radical (unpaired) electrons. The van der Waals surface area contributed by atoms with E-state index in [4.69, 9.17) is 5.73 Å². The Bertz CT molecular complexity index is 274. The van der Waals surface area contributed by atoms with Gasteiger partial charge in [0.2, 0.25) is 0 Å². The number of hydrogen-bond acceptors (Lipinski definition) is 1. The molecule has 0 aliphatic rings. The van der Waals surface area contributed by atoms with Crippen LogP contribution >= 0.6 is 0 Å². The van der Waals surface area contributed by atoms with Gasteiger partial charge >= 0.3 is 0 Å². The van der Waals surface area contributed by atoms with Crippen molar-refractivity contribution < 1.29 is 0 Å². The first-order valence-corrected chi connectivity index (χ1v) is 4.62. The van der Waals surface area contributed by atoms with Crippen molar-refractivity contribution in [1.82, 2.24) is 0 Å². The molecule has 0 spiro atoms. The highest BCUT2D eigenvalue weighted by molar-refractivity contribution is 5.67. The highest BCUT2D eigenvalue weighted by Crippen LogP contribution is 2.18. The van der Waals surface area contributed by atoms with E-state index in [0.717, 1.165) is 11.1 Å². The minimum Gasteiger partial charge on any atom is -0.324 e. The van der Waals surface area contributed by atoms with Gasteiger partial charge in [0.15, 0.2) is 0 Å². The van der Waals surface area contributed by atoms with E-state index in [1.807, 2.05) is 30.3 Å². The molecule has 0 amide bonds. The minimum atomic E-state index is 0.0578. The summed E-state index contributed by atoms with van der Waals surface area (Å²) in [6.45, 7) is 8.24. The van der Waals surface area contributed by atoms with Gasteiger partial charge in [-0.1, -0.05) is 50.8 Å². The van der Waals surface area contributed by atoms with E-state index >= 15 is 0 Å². The average molecular weight is 175 g/mol. The van der Waals surface area contributed by atoms with E-state index in [2.05, 4.69) is 20.4 Å². The zero-order chi connectivity index (χ0) is 9.84. The largest absolute Gasteiger partial charge is 0.324 e. The Morgan fingerprint density at radius 1 is 1.23 bits per heavy atom. The second-order valence-electron chi connectivity index (χ2n) is 3.66. The fourth-order valence-corrected chi connectivity index (χ4v) is 1.25. The Morgan fingerprint density at radius 3 is 2.23 bits per heavy atom. The topological polar surface area (TPSA) is 26.0 Å². The molecule has 1 aromatic rings. The van der Waals surface area contributed by atoms with Gasteiger partial charge in [-0.15, -0.1) is 0 Å². The molecule has 0 heterocycles. The summed E-state index contributed by atoms with van der Waals surface area (Å²) in [5.41, 5.74) is 8.16. The van der Waals surface area contributed by atoms with Crippen LogP contribution in [0.15, 0.2) is 36.9 Å². The Hall–Kier alpha value is -1.08. The van der Waals surface area contributed by atoms with Crippen LogP contribution in [-0.2, 0) is 0 Å². The quantitative estimate of drug-likeness (QED) is 0.751. The normalized spacial score (nSPS) is 12.9. The molecule has 1 rings (SSSR count). The first-order valence-electron chi connectivity index (χ1n) is 4.62. The van der Waals surface area contributed by atoms with Crippen molar-refractivity contribution in [3.05, 3.63) is 42.5 Å². The average Bonchev–Trinajstić information content (AvgIpc) is 2.17. The van der Waals surface area contributed by atoms with Gasteiger partial charge in [0.1, 0.15) is 0 Å². The molecule has 2 N–H and O–H groups in total. The van der Waals surface area contributed by atoms with E-state index in [0.29, 0.717) is 5.92 Å². The summed E-state index contributed by atoms with van der Waals surface area (Å²) >= 11 is 0. The van der Waals surface area contributed by atoms with Gasteiger partial charge in [-0.3, -0.25) is 0 Å². The zero-order valence-electron chi connectivity index (χ0n) is 8.33. The Morgan fingerprint density at radius 2 is 1.77 bits per heavy atom. The lowest BCUT2D eigenvalue weighted by molar-refractivity contribution is 0.583. The van der Waals surface area contributed by atoms with Crippen molar-refractivity contribution in [2.45, 2.75) is 19.9 Å². The first-order chi connectivity index (χ1) is 6.13. The second kappa shape index (κ2) is 4.24. The molecule has 0 aliphatic heterocycles. The molecule has 1 nitrogen and oxygen atoms in total. The molecule has 0 aromatic heterocycles. The maximum atomic E-state index is 5.99. The summed E-state index contributed by atoms with van der Waals surface area (Å²) < 4.78 is 0. The van der Waals surface area contributed by atoms with Crippen LogP contribution in [0.3, 0.4) is 0 Å². The molecular weight excluding hydrogens is 158 g/mol. The lowest BCUT2D eigenvalue weighted by Gasteiger charge is -2.18. The van der Waals surface area contributed by atoms with Crippen LogP contribution in [0.1, 0.15) is 19.4 Å². The van der Waals surface area contributed by atoms with Crippen molar-refractivity contribution in [2.24, 2.45) is 11.7 Å². The zero-order valence-corrected chi connectivity index (χ0v) is 8.33. The molecule has 1 aromatic carbocycles. The third-order valence-corrected chi connectivity index (χ3v) is 2.27. The van der Waals surface area contributed by atoms with E-state index in [-0.39, 0.29) is 6.04 Å². The van der Waals surface area contributed by atoms with Crippen LogP contribution in [0.4, 0.5) is 0 Å². The maximum absolute atomic E-state index is 5.99. The summed E-state index contributed by atoms with van der Waals surface area (Å²) in [5, 5.41) is 0. The molecule has 1 atom stereocenters. The molecule has 13 heavy (non-hydrogen) atoms. The fourth-order valence-electron chi connectivity index (χ4n) is 1.25. The molecule has 1 unspecified atom stereocenters. The lowest BCUT2D eigenvalue weighted by atomic mass is 9.93. The molecular formula is C12H17N. The van der Waals surface area contributed by atoms with Crippen molar-refractivity contribution in [3.63, 3.8) is 0 Å². The number of rotatable bonds is 3. The molecule has 0 aliphatic carbocycles. The van der Waals surface area contributed by atoms with Gasteiger partial charge in [-0.25, -0.2) is 0 Å². The number of nitrogens with two attached hydrogens (primary N) is 1. The van der Waals surface area contributed by atoms with Gasteiger partial charge < -0.3 is 5.73 Å². The fraction of sp³-hybridized carbons (Fsp3) is 0.333. The van der Waals surface area contributed by atoms with Crippen molar-refractivity contribution in [1.29, 1.82) is 0 Å². The monoisotopic (exact) mass is 175 g/mol. The SMILES string of the molecule is C=C(c1ccccc1)C(N)C(C)C. The Labute approximate surface area is 80.3 Å².